The van der Waals surface area contributed by atoms with Crippen molar-refractivity contribution in [3.8, 4) is 11.5 Å². The molecule has 0 aliphatic carbocycles. The van der Waals surface area contributed by atoms with E-state index in [4.69, 9.17) is 9.47 Å². The molecule has 1 aromatic carbocycles. The second-order valence-electron chi connectivity index (χ2n) is 8.05. The van der Waals surface area contributed by atoms with E-state index < -0.39 is 0 Å². The minimum atomic E-state index is 0.0326. The van der Waals surface area contributed by atoms with Crippen molar-refractivity contribution in [3.63, 3.8) is 0 Å². The van der Waals surface area contributed by atoms with Crippen molar-refractivity contribution in [1.82, 2.24) is 9.88 Å². The quantitative estimate of drug-likeness (QED) is 0.793. The van der Waals surface area contributed by atoms with Crippen molar-refractivity contribution in [1.29, 1.82) is 0 Å². The number of carbonyl (C=O) groups excluding carboxylic acids is 1. The van der Waals surface area contributed by atoms with E-state index in [-0.39, 0.29) is 5.91 Å². The van der Waals surface area contributed by atoms with Gasteiger partial charge in [-0.2, -0.15) is 0 Å². The van der Waals surface area contributed by atoms with Crippen molar-refractivity contribution < 1.29 is 14.3 Å². The van der Waals surface area contributed by atoms with Crippen molar-refractivity contribution >= 4 is 11.6 Å². The van der Waals surface area contributed by atoms with E-state index in [0.717, 1.165) is 42.4 Å². The van der Waals surface area contributed by atoms with Crippen LogP contribution in [0.1, 0.15) is 41.3 Å². The Kier molecular flexibility index (Phi) is 5.60. The van der Waals surface area contributed by atoms with Crippen LogP contribution < -0.4 is 14.4 Å². The molecule has 3 heterocycles. The fourth-order valence-corrected chi connectivity index (χ4v) is 4.22. The van der Waals surface area contributed by atoms with Crippen LogP contribution >= 0.6 is 0 Å². The van der Waals surface area contributed by atoms with Gasteiger partial charge >= 0.3 is 0 Å². The molecule has 0 radical (unpaired) electrons. The molecule has 0 saturated carbocycles. The van der Waals surface area contributed by atoms with Gasteiger partial charge in [0.05, 0.1) is 31.7 Å². The third kappa shape index (κ3) is 4.02. The van der Waals surface area contributed by atoms with Gasteiger partial charge in [-0.3, -0.25) is 9.78 Å². The Morgan fingerprint density at radius 1 is 1.00 bits per heavy atom. The maximum Gasteiger partial charge on any atom is 0.255 e. The number of hydrogen-bond acceptors (Lipinski definition) is 5. The van der Waals surface area contributed by atoms with Crippen LogP contribution in [0.4, 0.5) is 5.69 Å². The van der Waals surface area contributed by atoms with E-state index in [1.165, 1.54) is 18.4 Å². The zero-order valence-corrected chi connectivity index (χ0v) is 17.5. The third-order valence-corrected chi connectivity index (χ3v) is 6.12. The minimum Gasteiger partial charge on any atom is -0.493 e. The highest BCUT2D eigenvalue weighted by molar-refractivity contribution is 5.95. The number of anilines is 1. The molecule has 6 heteroatoms. The molecular formula is C23H29N3O3. The van der Waals surface area contributed by atoms with Gasteiger partial charge in [0.2, 0.25) is 0 Å². The number of methoxy groups -OCH3 is 2. The number of fused-ring (bicyclic) bond motifs is 1. The lowest BCUT2D eigenvalue weighted by molar-refractivity contribution is 0.0734. The van der Waals surface area contributed by atoms with E-state index in [1.807, 2.05) is 29.3 Å². The van der Waals surface area contributed by atoms with E-state index in [9.17, 15) is 4.79 Å². The fourth-order valence-electron chi connectivity index (χ4n) is 4.22. The van der Waals surface area contributed by atoms with Gasteiger partial charge in [0, 0.05) is 32.4 Å². The topological polar surface area (TPSA) is 54.9 Å². The highest BCUT2D eigenvalue weighted by Gasteiger charge is 2.25. The fraction of sp³-hybridized carbons (Fsp3) is 0.478. The lowest BCUT2D eigenvalue weighted by Gasteiger charge is -2.32. The van der Waals surface area contributed by atoms with Gasteiger partial charge in [0.1, 0.15) is 0 Å². The summed E-state index contributed by atoms with van der Waals surface area (Å²) in [7, 11) is 3.28. The number of amides is 1. The van der Waals surface area contributed by atoms with Gasteiger partial charge in [-0.05, 0) is 54.5 Å². The van der Waals surface area contributed by atoms with Crippen LogP contribution in [0, 0.1) is 5.92 Å². The van der Waals surface area contributed by atoms with E-state index in [1.54, 1.807) is 20.4 Å². The molecule has 4 rings (SSSR count). The number of aromatic nitrogens is 1. The molecule has 6 nitrogen and oxygen atoms in total. The number of benzene rings is 1. The highest BCUT2D eigenvalue weighted by atomic mass is 16.5. The van der Waals surface area contributed by atoms with Gasteiger partial charge in [0.25, 0.3) is 5.91 Å². The summed E-state index contributed by atoms with van der Waals surface area (Å²) >= 11 is 0. The van der Waals surface area contributed by atoms with Gasteiger partial charge in [-0.15, -0.1) is 0 Å². The molecule has 1 amide bonds. The average Bonchev–Trinajstić information content (AvgIpc) is 2.77. The molecule has 2 aromatic rings. The summed E-state index contributed by atoms with van der Waals surface area (Å²) in [4.78, 5) is 21.8. The predicted octanol–water partition coefficient (Wildman–Crippen LogP) is 3.53. The van der Waals surface area contributed by atoms with Crippen LogP contribution in [0.15, 0.2) is 30.6 Å². The van der Waals surface area contributed by atoms with Crippen LogP contribution in [0.5, 0.6) is 11.5 Å². The minimum absolute atomic E-state index is 0.0326. The van der Waals surface area contributed by atoms with Gasteiger partial charge in [-0.25, -0.2) is 0 Å². The Morgan fingerprint density at radius 2 is 1.69 bits per heavy atom. The Labute approximate surface area is 172 Å². The Bertz CT molecular complexity index is 891. The zero-order chi connectivity index (χ0) is 20.4. The molecule has 1 saturated heterocycles. The number of carbonyl (C=O) groups is 1. The summed E-state index contributed by atoms with van der Waals surface area (Å²) in [6.07, 6.45) is 6.73. The molecule has 1 fully saturated rings. The van der Waals surface area contributed by atoms with Crippen molar-refractivity contribution in [2.24, 2.45) is 5.92 Å². The Morgan fingerprint density at radius 3 is 2.38 bits per heavy atom. The van der Waals surface area contributed by atoms with E-state index in [2.05, 4.69) is 16.8 Å². The lowest BCUT2D eigenvalue weighted by Crippen LogP contribution is -2.36. The standard InChI is InChI=1S/C23H29N3O3/c1-16-4-7-25(8-5-16)20-10-18(13-24-14-20)23(27)26-9-6-17-11-21(28-2)22(29-3)12-19(17)15-26/h10-14,16H,4-9,15H2,1-3H3. The molecule has 0 N–H and O–H groups in total. The first-order valence-corrected chi connectivity index (χ1v) is 10.3. The summed E-state index contributed by atoms with van der Waals surface area (Å²) in [5.41, 5.74) is 4.02. The molecular weight excluding hydrogens is 366 g/mol. The molecule has 29 heavy (non-hydrogen) atoms. The highest BCUT2D eigenvalue weighted by Crippen LogP contribution is 2.33. The third-order valence-electron chi connectivity index (χ3n) is 6.12. The first-order chi connectivity index (χ1) is 14.1. The Balaban J connectivity index is 1.51. The molecule has 154 valence electrons. The van der Waals surface area contributed by atoms with Crippen molar-refractivity contribution in [2.75, 3.05) is 38.8 Å². The largest absolute Gasteiger partial charge is 0.493 e. The predicted molar refractivity (Wildman–Crippen MR) is 113 cm³/mol. The summed E-state index contributed by atoms with van der Waals surface area (Å²) in [5.74, 6) is 2.24. The molecule has 0 unspecified atom stereocenters. The number of piperidine rings is 1. The summed E-state index contributed by atoms with van der Waals surface area (Å²) in [6, 6.07) is 6.00. The number of hydrogen-bond donors (Lipinski definition) is 0. The van der Waals surface area contributed by atoms with Gasteiger partial charge in [-0.1, -0.05) is 6.92 Å². The van der Waals surface area contributed by atoms with E-state index in [0.29, 0.717) is 24.4 Å². The first kappa shape index (κ1) is 19.6. The molecule has 0 atom stereocenters. The van der Waals surface area contributed by atoms with Crippen LogP contribution in [0.3, 0.4) is 0 Å². The molecule has 0 bridgehead atoms. The second kappa shape index (κ2) is 8.31. The van der Waals surface area contributed by atoms with Crippen LogP contribution in [0.2, 0.25) is 0 Å². The van der Waals surface area contributed by atoms with Crippen molar-refractivity contribution in [2.45, 2.75) is 32.7 Å². The van der Waals surface area contributed by atoms with Crippen molar-refractivity contribution in [3.05, 3.63) is 47.3 Å². The van der Waals surface area contributed by atoms with Crippen LogP contribution in [-0.2, 0) is 13.0 Å². The van der Waals surface area contributed by atoms with Crippen LogP contribution in [-0.4, -0.2) is 49.6 Å². The normalized spacial score (nSPS) is 17.1. The second-order valence-corrected chi connectivity index (χ2v) is 8.05. The first-order valence-electron chi connectivity index (χ1n) is 10.3. The lowest BCUT2D eigenvalue weighted by atomic mass is 9.98. The number of nitrogens with zero attached hydrogens (tertiary/aromatic N) is 3. The summed E-state index contributed by atoms with van der Waals surface area (Å²) < 4.78 is 10.8. The SMILES string of the molecule is COc1cc2c(cc1OC)CN(C(=O)c1cncc(N3CCC(C)CC3)c1)CC2. The summed E-state index contributed by atoms with van der Waals surface area (Å²) in [6.45, 7) is 5.61. The monoisotopic (exact) mass is 395 g/mol. The molecule has 1 aromatic heterocycles. The maximum absolute atomic E-state index is 13.2. The average molecular weight is 396 g/mol. The summed E-state index contributed by atoms with van der Waals surface area (Å²) in [5, 5.41) is 0. The van der Waals surface area contributed by atoms with Crippen LogP contribution in [0.25, 0.3) is 0 Å². The molecule has 2 aliphatic heterocycles. The van der Waals surface area contributed by atoms with Gasteiger partial charge in [0.15, 0.2) is 11.5 Å². The smallest absolute Gasteiger partial charge is 0.255 e. The van der Waals surface area contributed by atoms with E-state index >= 15 is 0 Å². The number of rotatable bonds is 4. The van der Waals surface area contributed by atoms with Gasteiger partial charge < -0.3 is 19.3 Å². The zero-order valence-electron chi connectivity index (χ0n) is 17.5. The molecule has 0 spiro atoms. The Hall–Kier alpha value is -2.76. The molecule has 2 aliphatic rings. The number of pyridine rings is 1. The maximum atomic E-state index is 13.2. The number of ether oxygens (including phenoxy) is 2.